The minimum atomic E-state index is -0.882. The Bertz CT molecular complexity index is 643. The van der Waals surface area contributed by atoms with Crippen molar-refractivity contribution in [3.63, 3.8) is 0 Å². The van der Waals surface area contributed by atoms with Crippen LogP contribution in [0.15, 0.2) is 54.6 Å². The van der Waals surface area contributed by atoms with Crippen LogP contribution in [0.2, 0.25) is 0 Å². The highest BCUT2D eigenvalue weighted by Gasteiger charge is 2.04. The minimum Gasteiger partial charge on any atom is -0.478 e. The van der Waals surface area contributed by atoms with Crippen LogP contribution < -0.4 is 5.32 Å². The first kappa shape index (κ1) is 20.4. The quantitative estimate of drug-likeness (QED) is 0.454. The molecule has 26 heavy (non-hydrogen) atoms. The van der Waals surface area contributed by atoms with E-state index < -0.39 is 5.97 Å². The van der Waals surface area contributed by atoms with Gasteiger partial charge in [-0.25, -0.2) is 4.79 Å². The van der Waals surface area contributed by atoms with Crippen molar-refractivity contribution in [3.05, 3.63) is 65.7 Å². The number of unbranched alkanes of at least 4 members (excludes halogenated alkanes) is 1. The Labute approximate surface area is 161 Å². The number of hydrogen-bond acceptors (Lipinski definition) is 3. The molecule has 1 unspecified atom stereocenters. The normalized spacial score (nSPS) is 11.9. The minimum absolute atomic E-state index is 0.328. The van der Waals surface area contributed by atoms with E-state index in [0.29, 0.717) is 11.5 Å². The standard InChI is InChI=1S/C22H29NO2S/c1-18(7-5-6-16-26-17-19-8-3-2-4-9-19)14-15-23-21-12-10-20(11-13-21)22(24)25/h2-4,8-13,18,23H,5-7,14-17H2,1H3,(H,24,25). The third-order valence-electron chi connectivity index (χ3n) is 4.45. The Kier molecular flexibility index (Phi) is 9.11. The second-order valence-electron chi connectivity index (χ2n) is 6.74. The van der Waals surface area contributed by atoms with Gasteiger partial charge in [0, 0.05) is 18.0 Å². The summed E-state index contributed by atoms with van der Waals surface area (Å²) < 4.78 is 0. The zero-order valence-corrected chi connectivity index (χ0v) is 16.3. The highest BCUT2D eigenvalue weighted by atomic mass is 32.2. The molecule has 0 saturated carbocycles. The van der Waals surface area contributed by atoms with E-state index in [-0.39, 0.29) is 0 Å². The summed E-state index contributed by atoms with van der Waals surface area (Å²) in [6.07, 6.45) is 4.98. The first-order chi connectivity index (χ1) is 12.6. The van der Waals surface area contributed by atoms with Gasteiger partial charge in [0.1, 0.15) is 0 Å². The average molecular weight is 372 g/mol. The largest absolute Gasteiger partial charge is 0.478 e. The summed E-state index contributed by atoms with van der Waals surface area (Å²) in [5.74, 6) is 2.17. The summed E-state index contributed by atoms with van der Waals surface area (Å²) in [6.45, 7) is 3.24. The maximum atomic E-state index is 10.8. The van der Waals surface area contributed by atoms with E-state index in [4.69, 9.17) is 5.11 Å². The van der Waals surface area contributed by atoms with E-state index in [1.807, 2.05) is 23.9 Å². The highest BCUT2D eigenvalue weighted by molar-refractivity contribution is 7.98. The Balaban J connectivity index is 1.49. The Hall–Kier alpha value is -1.94. The summed E-state index contributed by atoms with van der Waals surface area (Å²) in [7, 11) is 0. The molecular formula is C22H29NO2S. The van der Waals surface area contributed by atoms with Crippen LogP contribution in [0.3, 0.4) is 0 Å². The number of hydrogen-bond donors (Lipinski definition) is 2. The number of thioether (sulfide) groups is 1. The van der Waals surface area contributed by atoms with E-state index in [9.17, 15) is 4.79 Å². The van der Waals surface area contributed by atoms with Gasteiger partial charge in [-0.2, -0.15) is 11.8 Å². The summed E-state index contributed by atoms with van der Waals surface area (Å²) in [5, 5.41) is 12.3. The van der Waals surface area contributed by atoms with Gasteiger partial charge in [-0.05, 0) is 54.3 Å². The van der Waals surface area contributed by atoms with Crippen LogP contribution in [0.5, 0.6) is 0 Å². The summed E-state index contributed by atoms with van der Waals surface area (Å²) in [6, 6.07) is 17.6. The van der Waals surface area contributed by atoms with Crippen molar-refractivity contribution in [2.45, 2.75) is 38.4 Å². The summed E-state index contributed by atoms with van der Waals surface area (Å²) in [5.41, 5.74) is 2.72. The Morgan fingerprint density at radius 3 is 2.46 bits per heavy atom. The maximum absolute atomic E-state index is 10.8. The highest BCUT2D eigenvalue weighted by Crippen LogP contribution is 2.17. The van der Waals surface area contributed by atoms with Crippen LogP contribution >= 0.6 is 11.8 Å². The fraction of sp³-hybridized carbons (Fsp3) is 0.409. The van der Waals surface area contributed by atoms with E-state index >= 15 is 0 Å². The second-order valence-corrected chi connectivity index (χ2v) is 7.84. The number of rotatable bonds is 12. The first-order valence-electron chi connectivity index (χ1n) is 9.34. The van der Waals surface area contributed by atoms with Gasteiger partial charge in [-0.15, -0.1) is 0 Å². The number of carboxylic acid groups (broad SMARTS) is 1. The van der Waals surface area contributed by atoms with Crippen LogP contribution in [0.25, 0.3) is 0 Å². The molecule has 0 aliphatic carbocycles. The average Bonchev–Trinajstić information content (AvgIpc) is 2.66. The predicted octanol–water partition coefficient (Wildman–Crippen LogP) is 5.93. The van der Waals surface area contributed by atoms with Gasteiger partial charge in [-0.1, -0.05) is 50.1 Å². The number of benzene rings is 2. The molecule has 0 radical (unpaired) electrons. The second kappa shape index (κ2) is 11.6. The molecule has 2 aromatic carbocycles. The molecule has 0 aromatic heterocycles. The van der Waals surface area contributed by atoms with Crippen molar-refractivity contribution in [2.24, 2.45) is 5.92 Å². The molecule has 2 rings (SSSR count). The monoisotopic (exact) mass is 371 g/mol. The Morgan fingerprint density at radius 2 is 1.77 bits per heavy atom. The molecule has 2 N–H and O–H groups in total. The predicted molar refractivity (Wildman–Crippen MR) is 112 cm³/mol. The molecular weight excluding hydrogens is 342 g/mol. The lowest BCUT2D eigenvalue weighted by atomic mass is 10.0. The SMILES string of the molecule is CC(CCCCSCc1ccccc1)CCNc1ccc(C(=O)O)cc1. The maximum Gasteiger partial charge on any atom is 0.335 e. The van der Waals surface area contributed by atoms with Gasteiger partial charge < -0.3 is 10.4 Å². The van der Waals surface area contributed by atoms with E-state index in [2.05, 4.69) is 42.6 Å². The van der Waals surface area contributed by atoms with E-state index in [1.54, 1.807) is 12.1 Å². The fourth-order valence-electron chi connectivity index (χ4n) is 2.80. The van der Waals surface area contributed by atoms with Crippen LogP contribution in [-0.4, -0.2) is 23.4 Å². The lowest BCUT2D eigenvalue weighted by molar-refractivity contribution is 0.0697. The van der Waals surface area contributed by atoms with E-state index in [0.717, 1.165) is 24.4 Å². The number of carboxylic acids is 1. The number of aromatic carboxylic acids is 1. The molecule has 0 fully saturated rings. The zero-order valence-electron chi connectivity index (χ0n) is 15.5. The molecule has 0 heterocycles. The third-order valence-corrected chi connectivity index (χ3v) is 5.56. The molecule has 4 heteroatoms. The van der Waals surface area contributed by atoms with Gasteiger partial charge in [0.05, 0.1) is 5.56 Å². The van der Waals surface area contributed by atoms with Crippen molar-refractivity contribution >= 4 is 23.4 Å². The van der Waals surface area contributed by atoms with Gasteiger partial charge in [0.15, 0.2) is 0 Å². The smallest absolute Gasteiger partial charge is 0.335 e. The zero-order chi connectivity index (χ0) is 18.6. The Morgan fingerprint density at radius 1 is 1.04 bits per heavy atom. The molecule has 1 atom stereocenters. The molecule has 0 amide bonds. The van der Waals surface area contributed by atoms with Gasteiger partial charge in [-0.3, -0.25) is 0 Å². The van der Waals surface area contributed by atoms with Crippen LogP contribution in [0, 0.1) is 5.92 Å². The van der Waals surface area contributed by atoms with Crippen LogP contribution in [0.4, 0.5) is 5.69 Å². The third kappa shape index (κ3) is 7.96. The molecule has 2 aromatic rings. The fourth-order valence-corrected chi connectivity index (χ4v) is 3.78. The molecule has 3 nitrogen and oxygen atoms in total. The van der Waals surface area contributed by atoms with Crippen molar-refractivity contribution < 1.29 is 9.90 Å². The number of anilines is 1. The topological polar surface area (TPSA) is 49.3 Å². The molecule has 140 valence electrons. The first-order valence-corrected chi connectivity index (χ1v) is 10.5. The lowest BCUT2D eigenvalue weighted by Gasteiger charge is -2.13. The van der Waals surface area contributed by atoms with Crippen LogP contribution in [-0.2, 0) is 5.75 Å². The van der Waals surface area contributed by atoms with Crippen molar-refractivity contribution in [1.29, 1.82) is 0 Å². The van der Waals surface area contributed by atoms with Crippen LogP contribution in [0.1, 0.15) is 48.5 Å². The van der Waals surface area contributed by atoms with Gasteiger partial charge in [0.25, 0.3) is 0 Å². The lowest BCUT2D eigenvalue weighted by Crippen LogP contribution is -2.07. The molecule has 0 bridgehead atoms. The molecule has 0 aliphatic rings. The van der Waals surface area contributed by atoms with Crippen molar-refractivity contribution in [1.82, 2.24) is 0 Å². The van der Waals surface area contributed by atoms with Gasteiger partial charge in [0.2, 0.25) is 0 Å². The number of nitrogens with one attached hydrogen (secondary N) is 1. The molecule has 0 saturated heterocycles. The summed E-state index contributed by atoms with van der Waals surface area (Å²) in [4.78, 5) is 10.8. The van der Waals surface area contributed by atoms with E-state index in [1.165, 1.54) is 30.6 Å². The molecule has 0 aliphatic heterocycles. The van der Waals surface area contributed by atoms with Crippen molar-refractivity contribution in [3.8, 4) is 0 Å². The summed E-state index contributed by atoms with van der Waals surface area (Å²) >= 11 is 2.02. The number of carbonyl (C=O) groups is 1. The molecule has 0 spiro atoms. The van der Waals surface area contributed by atoms with Crippen molar-refractivity contribution in [2.75, 3.05) is 17.6 Å². The van der Waals surface area contributed by atoms with Gasteiger partial charge >= 0.3 is 5.97 Å².